The van der Waals surface area contributed by atoms with Crippen LogP contribution in [-0.2, 0) is 31.1 Å². The number of aryl methyl sites for hydroxylation is 1. The molecule has 0 aliphatic carbocycles. The average molecular weight is 453 g/mol. The highest BCUT2D eigenvalue weighted by molar-refractivity contribution is 7.91. The van der Waals surface area contributed by atoms with E-state index in [0.29, 0.717) is 10.6 Å². The molecule has 162 valence electrons. The lowest BCUT2D eigenvalue weighted by Crippen LogP contribution is -2.11. The summed E-state index contributed by atoms with van der Waals surface area (Å²) < 4.78 is 67.3. The van der Waals surface area contributed by atoms with Crippen molar-refractivity contribution in [3.63, 3.8) is 0 Å². The van der Waals surface area contributed by atoms with E-state index in [9.17, 15) is 22.1 Å². The Balaban J connectivity index is 1.91. The number of rotatable bonds is 5. The molecule has 13 heteroatoms. The van der Waals surface area contributed by atoms with Gasteiger partial charge < -0.3 is 9.12 Å². The van der Waals surface area contributed by atoms with Crippen LogP contribution in [0.3, 0.4) is 0 Å². The van der Waals surface area contributed by atoms with E-state index in [0.717, 1.165) is 12.3 Å². The molecule has 4 heterocycles. The van der Waals surface area contributed by atoms with E-state index < -0.39 is 29.6 Å². The third-order valence-electron chi connectivity index (χ3n) is 4.49. The summed E-state index contributed by atoms with van der Waals surface area (Å²) in [6.45, 7) is 0.876. The van der Waals surface area contributed by atoms with Crippen LogP contribution in [0.2, 0.25) is 0 Å². The average Bonchev–Trinajstić information content (AvgIpc) is 3.36. The van der Waals surface area contributed by atoms with Gasteiger partial charge in [0.2, 0.25) is 0 Å². The second-order valence-corrected chi connectivity index (χ2v) is 8.16. The number of imidazole rings is 1. The number of hydrogen-bond acceptors (Lipinski definition) is 6. The fourth-order valence-corrected chi connectivity index (χ4v) is 3.86. The molecular formula is C18H15F4N7OS. The Kier molecular flexibility index (Phi) is 5.39. The van der Waals surface area contributed by atoms with Gasteiger partial charge >= 0.3 is 6.18 Å². The molecule has 0 aliphatic rings. The van der Waals surface area contributed by atoms with Crippen molar-refractivity contribution in [2.75, 3.05) is 5.75 Å². The van der Waals surface area contributed by atoms with E-state index in [2.05, 4.69) is 25.0 Å². The molecule has 0 aliphatic heterocycles. The Bertz CT molecular complexity index is 1250. The van der Waals surface area contributed by atoms with Gasteiger partial charge in [0, 0.05) is 13.2 Å². The SMILES string of the molecule is CC[S+]([O-])c1ccc(-n2cnc(CF)n2)nc1-c1nc2cc(C(F)(F)F)cnc2n1C. The monoisotopic (exact) mass is 453 g/mol. The molecule has 0 saturated heterocycles. The van der Waals surface area contributed by atoms with Gasteiger partial charge in [-0.15, -0.1) is 5.10 Å². The number of aromatic nitrogens is 7. The normalized spacial score (nSPS) is 13.1. The molecule has 1 unspecified atom stereocenters. The van der Waals surface area contributed by atoms with Crippen LogP contribution in [0.15, 0.2) is 35.6 Å². The van der Waals surface area contributed by atoms with Crippen LogP contribution in [0, 0.1) is 0 Å². The van der Waals surface area contributed by atoms with Gasteiger partial charge in [-0.2, -0.15) is 13.2 Å². The minimum absolute atomic E-state index is 0.0215. The highest BCUT2D eigenvalue weighted by Crippen LogP contribution is 2.33. The Labute approximate surface area is 176 Å². The van der Waals surface area contributed by atoms with Gasteiger partial charge in [-0.1, -0.05) is 0 Å². The molecule has 0 amide bonds. The zero-order chi connectivity index (χ0) is 22.3. The van der Waals surface area contributed by atoms with E-state index >= 15 is 0 Å². The number of alkyl halides is 4. The molecule has 0 spiro atoms. The third-order valence-corrected chi connectivity index (χ3v) is 5.84. The van der Waals surface area contributed by atoms with Gasteiger partial charge in [0.25, 0.3) is 0 Å². The minimum atomic E-state index is -4.56. The van der Waals surface area contributed by atoms with Crippen LogP contribution < -0.4 is 0 Å². The summed E-state index contributed by atoms with van der Waals surface area (Å²) in [7, 11) is 1.58. The third kappa shape index (κ3) is 3.85. The number of halogens is 4. The number of pyridine rings is 2. The first kappa shape index (κ1) is 21.2. The van der Waals surface area contributed by atoms with Crippen molar-refractivity contribution in [1.29, 1.82) is 0 Å². The van der Waals surface area contributed by atoms with E-state index in [1.807, 2.05) is 0 Å². The zero-order valence-corrected chi connectivity index (χ0v) is 17.1. The minimum Gasteiger partial charge on any atom is -0.611 e. The first-order valence-electron chi connectivity index (χ1n) is 8.99. The highest BCUT2D eigenvalue weighted by atomic mass is 32.2. The second kappa shape index (κ2) is 7.89. The van der Waals surface area contributed by atoms with Crippen LogP contribution >= 0.6 is 0 Å². The van der Waals surface area contributed by atoms with E-state index in [4.69, 9.17) is 0 Å². The molecule has 4 aromatic heterocycles. The van der Waals surface area contributed by atoms with Crippen molar-refractivity contribution in [3.8, 4) is 17.3 Å². The van der Waals surface area contributed by atoms with Gasteiger partial charge in [-0.05, 0) is 36.3 Å². The summed E-state index contributed by atoms with van der Waals surface area (Å²) in [4.78, 5) is 16.8. The van der Waals surface area contributed by atoms with E-state index in [1.165, 1.54) is 15.6 Å². The Hall–Kier alpha value is -3.06. The molecule has 0 saturated carbocycles. The van der Waals surface area contributed by atoms with Gasteiger partial charge in [-0.25, -0.2) is 29.0 Å². The van der Waals surface area contributed by atoms with Crippen LogP contribution in [-0.4, -0.2) is 44.6 Å². The Morgan fingerprint density at radius 2 is 1.94 bits per heavy atom. The van der Waals surface area contributed by atoms with E-state index in [-0.39, 0.29) is 34.3 Å². The predicted octanol–water partition coefficient (Wildman–Crippen LogP) is 3.23. The van der Waals surface area contributed by atoms with Crippen LogP contribution in [0.1, 0.15) is 18.3 Å². The van der Waals surface area contributed by atoms with Crippen molar-refractivity contribution in [3.05, 3.63) is 42.1 Å². The molecule has 0 radical (unpaired) electrons. The van der Waals surface area contributed by atoms with Crippen molar-refractivity contribution in [2.24, 2.45) is 7.05 Å². The highest BCUT2D eigenvalue weighted by Gasteiger charge is 2.32. The largest absolute Gasteiger partial charge is 0.611 e. The fraction of sp³-hybridized carbons (Fsp3) is 0.278. The molecule has 4 rings (SSSR count). The topological polar surface area (TPSA) is 97.4 Å². The maximum atomic E-state index is 13.1. The molecule has 4 aromatic rings. The van der Waals surface area contributed by atoms with Gasteiger partial charge in [0.1, 0.15) is 17.6 Å². The molecule has 31 heavy (non-hydrogen) atoms. The molecule has 8 nitrogen and oxygen atoms in total. The lowest BCUT2D eigenvalue weighted by atomic mass is 10.2. The van der Waals surface area contributed by atoms with Crippen molar-refractivity contribution in [2.45, 2.75) is 24.7 Å². The van der Waals surface area contributed by atoms with Crippen molar-refractivity contribution < 1.29 is 22.1 Å². The number of nitrogens with zero attached hydrogens (tertiary/aromatic N) is 7. The van der Waals surface area contributed by atoms with Gasteiger partial charge in [-0.3, -0.25) is 0 Å². The van der Waals surface area contributed by atoms with E-state index in [1.54, 1.807) is 26.1 Å². The lowest BCUT2D eigenvalue weighted by molar-refractivity contribution is -0.137. The predicted molar refractivity (Wildman–Crippen MR) is 103 cm³/mol. The standard InChI is InChI=1S/C18H15F4N7OS/c1-3-31(30)12-4-5-14(29-9-24-13(7-19)27-29)26-15(12)17-25-11-6-10(18(20,21)22)8-23-16(11)28(17)2/h4-6,8-9H,3,7H2,1-2H3. The van der Waals surface area contributed by atoms with Gasteiger partial charge in [0.15, 0.2) is 40.4 Å². The number of hydrogen-bond donors (Lipinski definition) is 0. The summed E-state index contributed by atoms with van der Waals surface area (Å²) in [6, 6.07) is 4.02. The van der Waals surface area contributed by atoms with Crippen molar-refractivity contribution in [1.82, 2.24) is 34.3 Å². The summed E-state index contributed by atoms with van der Waals surface area (Å²) in [5.41, 5.74) is -0.494. The Morgan fingerprint density at radius 1 is 1.16 bits per heavy atom. The molecular weight excluding hydrogens is 438 g/mol. The smallest absolute Gasteiger partial charge is 0.417 e. The maximum Gasteiger partial charge on any atom is 0.417 e. The number of fused-ring (bicyclic) bond motifs is 1. The summed E-state index contributed by atoms with van der Waals surface area (Å²) in [5, 5.41) is 3.96. The van der Waals surface area contributed by atoms with Crippen molar-refractivity contribution >= 4 is 22.3 Å². The van der Waals surface area contributed by atoms with Crippen LogP contribution in [0.4, 0.5) is 17.6 Å². The fourth-order valence-electron chi connectivity index (χ4n) is 2.97. The lowest BCUT2D eigenvalue weighted by Gasteiger charge is -2.13. The maximum absolute atomic E-state index is 13.1. The van der Waals surface area contributed by atoms with Crippen LogP contribution in [0.5, 0.6) is 0 Å². The zero-order valence-electron chi connectivity index (χ0n) is 16.3. The molecule has 0 aromatic carbocycles. The summed E-state index contributed by atoms with van der Waals surface area (Å²) >= 11 is -1.43. The first-order valence-corrected chi connectivity index (χ1v) is 10.3. The van der Waals surface area contributed by atoms with Crippen LogP contribution in [0.25, 0.3) is 28.5 Å². The summed E-state index contributed by atoms with van der Waals surface area (Å²) in [6.07, 6.45) is -2.55. The molecule has 0 bridgehead atoms. The second-order valence-electron chi connectivity index (χ2n) is 6.45. The molecule has 0 fully saturated rings. The quantitative estimate of drug-likeness (QED) is 0.340. The Morgan fingerprint density at radius 3 is 2.58 bits per heavy atom. The molecule has 1 atom stereocenters. The van der Waals surface area contributed by atoms with Gasteiger partial charge in [0.05, 0.1) is 5.56 Å². The first-order chi connectivity index (χ1) is 14.7. The molecule has 0 N–H and O–H groups in total. The summed E-state index contributed by atoms with van der Waals surface area (Å²) in [5.74, 6) is 0.710.